The Kier molecular flexibility index (Phi) is 3.13. The number of benzene rings is 1. The third kappa shape index (κ3) is 2.04. The predicted molar refractivity (Wildman–Crippen MR) is 60.2 cm³/mol. The van der Waals surface area contributed by atoms with Gasteiger partial charge < -0.3 is 20.3 Å². The second-order valence-corrected chi connectivity index (χ2v) is 4.19. The summed E-state index contributed by atoms with van der Waals surface area (Å²) < 4.78 is 11.3. The minimum Gasteiger partial charge on any atom is -0.478 e. The van der Waals surface area contributed by atoms with Crippen molar-refractivity contribution in [1.29, 1.82) is 0 Å². The quantitative estimate of drug-likeness (QED) is 0.810. The van der Waals surface area contributed by atoms with Gasteiger partial charge in [0.15, 0.2) is 6.29 Å². The maximum absolute atomic E-state index is 10.8. The van der Waals surface area contributed by atoms with Gasteiger partial charge in [-0.05, 0) is 12.1 Å². The second kappa shape index (κ2) is 4.40. The Morgan fingerprint density at radius 2 is 2.06 bits per heavy atom. The van der Waals surface area contributed by atoms with Crippen molar-refractivity contribution in [3.63, 3.8) is 0 Å². The number of aromatic carboxylic acids is 1. The van der Waals surface area contributed by atoms with E-state index in [2.05, 4.69) is 15.9 Å². The number of hydrogen-bond acceptors (Lipinski definition) is 4. The predicted octanol–water partition coefficient (Wildman–Crippen LogP) is 1.77. The Balaban J connectivity index is 2.40. The van der Waals surface area contributed by atoms with Gasteiger partial charge in [0.05, 0.1) is 18.8 Å². The van der Waals surface area contributed by atoms with Crippen LogP contribution in [0, 0.1) is 0 Å². The number of halogens is 1. The first-order chi connectivity index (χ1) is 7.59. The van der Waals surface area contributed by atoms with Gasteiger partial charge in [-0.1, -0.05) is 15.9 Å². The molecule has 5 nitrogen and oxygen atoms in total. The Morgan fingerprint density at radius 3 is 2.62 bits per heavy atom. The van der Waals surface area contributed by atoms with E-state index in [4.69, 9.17) is 20.3 Å². The Bertz CT molecular complexity index is 429. The monoisotopic (exact) mass is 287 g/mol. The standard InChI is InChI=1S/C10H10BrNO4/c11-7-3-6(9(13)14)8(12)4-5(7)10-15-1-2-16-10/h3-4,10H,1-2,12H2,(H,13,14). The molecule has 0 spiro atoms. The molecule has 0 atom stereocenters. The van der Waals surface area contributed by atoms with E-state index >= 15 is 0 Å². The molecule has 1 fully saturated rings. The van der Waals surface area contributed by atoms with Gasteiger partial charge in [0.2, 0.25) is 0 Å². The molecule has 0 unspecified atom stereocenters. The van der Waals surface area contributed by atoms with Crippen molar-refractivity contribution in [2.24, 2.45) is 0 Å². The molecular weight excluding hydrogens is 278 g/mol. The Hall–Kier alpha value is -1.11. The van der Waals surface area contributed by atoms with E-state index < -0.39 is 12.3 Å². The van der Waals surface area contributed by atoms with Crippen molar-refractivity contribution in [3.8, 4) is 0 Å². The summed E-state index contributed by atoms with van der Waals surface area (Å²) in [7, 11) is 0. The van der Waals surface area contributed by atoms with Crippen LogP contribution in [-0.2, 0) is 9.47 Å². The minimum atomic E-state index is -1.06. The van der Waals surface area contributed by atoms with Crippen molar-refractivity contribution in [1.82, 2.24) is 0 Å². The number of carboxylic acid groups (broad SMARTS) is 1. The molecule has 0 saturated carbocycles. The average molecular weight is 288 g/mol. The second-order valence-electron chi connectivity index (χ2n) is 3.34. The molecule has 0 radical (unpaired) electrons. The van der Waals surface area contributed by atoms with Crippen LogP contribution in [0.1, 0.15) is 22.2 Å². The molecule has 1 aromatic rings. The summed E-state index contributed by atoms with van der Waals surface area (Å²) in [5.41, 5.74) is 6.62. The number of rotatable bonds is 2. The number of ether oxygens (including phenoxy) is 2. The van der Waals surface area contributed by atoms with Gasteiger partial charge in [0.25, 0.3) is 0 Å². The topological polar surface area (TPSA) is 81.8 Å². The van der Waals surface area contributed by atoms with Crippen molar-refractivity contribution in [2.45, 2.75) is 6.29 Å². The highest BCUT2D eigenvalue weighted by Gasteiger charge is 2.23. The molecule has 86 valence electrons. The molecular formula is C10H10BrNO4. The molecule has 1 heterocycles. The van der Waals surface area contributed by atoms with Gasteiger partial charge in [-0.2, -0.15) is 0 Å². The lowest BCUT2D eigenvalue weighted by molar-refractivity contribution is -0.0446. The van der Waals surface area contributed by atoms with E-state index in [-0.39, 0.29) is 11.3 Å². The van der Waals surface area contributed by atoms with Crippen LogP contribution in [0.15, 0.2) is 16.6 Å². The molecule has 0 bridgehead atoms. The molecule has 1 saturated heterocycles. The zero-order valence-electron chi connectivity index (χ0n) is 8.27. The molecule has 6 heteroatoms. The van der Waals surface area contributed by atoms with Crippen molar-refractivity contribution in [3.05, 3.63) is 27.7 Å². The van der Waals surface area contributed by atoms with Crippen molar-refractivity contribution in [2.75, 3.05) is 18.9 Å². The zero-order valence-corrected chi connectivity index (χ0v) is 9.86. The lowest BCUT2D eigenvalue weighted by Crippen LogP contribution is -2.06. The van der Waals surface area contributed by atoms with E-state index in [1.54, 1.807) is 6.07 Å². The Morgan fingerprint density at radius 1 is 1.44 bits per heavy atom. The largest absolute Gasteiger partial charge is 0.478 e. The summed E-state index contributed by atoms with van der Waals surface area (Å²) in [5, 5.41) is 8.88. The number of nitrogen functional groups attached to an aromatic ring is 1. The normalized spacial score (nSPS) is 16.6. The first-order valence-electron chi connectivity index (χ1n) is 4.65. The lowest BCUT2D eigenvalue weighted by atomic mass is 10.1. The minimum absolute atomic E-state index is 0.0635. The summed E-state index contributed by atoms with van der Waals surface area (Å²) in [5.74, 6) is -1.06. The molecule has 0 amide bonds. The maximum Gasteiger partial charge on any atom is 0.337 e. The molecule has 0 aliphatic carbocycles. The van der Waals surface area contributed by atoms with Crippen LogP contribution in [0.25, 0.3) is 0 Å². The van der Waals surface area contributed by atoms with Crippen LogP contribution < -0.4 is 5.73 Å². The molecule has 1 aliphatic heterocycles. The highest BCUT2D eigenvalue weighted by Crippen LogP contribution is 2.33. The highest BCUT2D eigenvalue weighted by molar-refractivity contribution is 9.10. The first-order valence-corrected chi connectivity index (χ1v) is 5.44. The molecule has 2 rings (SSSR count). The Labute approximate surface area is 100 Å². The molecule has 1 aromatic carbocycles. The van der Waals surface area contributed by atoms with E-state index in [9.17, 15) is 4.79 Å². The fourth-order valence-corrected chi connectivity index (χ4v) is 2.04. The summed E-state index contributed by atoms with van der Waals surface area (Å²) in [6.07, 6.45) is -0.473. The van der Waals surface area contributed by atoms with Gasteiger partial charge in [-0.15, -0.1) is 0 Å². The van der Waals surface area contributed by atoms with Crippen LogP contribution in [0.2, 0.25) is 0 Å². The number of nitrogens with two attached hydrogens (primary N) is 1. The number of carbonyl (C=O) groups is 1. The highest BCUT2D eigenvalue weighted by atomic mass is 79.9. The zero-order chi connectivity index (χ0) is 11.7. The summed E-state index contributed by atoms with van der Waals surface area (Å²) in [6, 6.07) is 3.02. The number of anilines is 1. The fourth-order valence-electron chi connectivity index (χ4n) is 1.51. The van der Waals surface area contributed by atoms with Gasteiger partial charge in [-0.3, -0.25) is 0 Å². The molecule has 3 N–H and O–H groups in total. The summed E-state index contributed by atoms with van der Waals surface area (Å²) >= 11 is 3.28. The molecule has 16 heavy (non-hydrogen) atoms. The van der Waals surface area contributed by atoms with E-state index in [1.165, 1.54) is 6.07 Å². The van der Waals surface area contributed by atoms with Crippen molar-refractivity contribution < 1.29 is 19.4 Å². The van der Waals surface area contributed by atoms with Crippen LogP contribution in [0.4, 0.5) is 5.69 Å². The first kappa shape index (κ1) is 11.4. The van der Waals surface area contributed by atoms with Crippen LogP contribution >= 0.6 is 15.9 Å². The van der Waals surface area contributed by atoms with Crippen molar-refractivity contribution >= 4 is 27.6 Å². The third-order valence-corrected chi connectivity index (χ3v) is 2.96. The van der Waals surface area contributed by atoms with Crippen LogP contribution in [-0.4, -0.2) is 24.3 Å². The van der Waals surface area contributed by atoms with Gasteiger partial charge >= 0.3 is 5.97 Å². The fraction of sp³-hybridized carbons (Fsp3) is 0.300. The van der Waals surface area contributed by atoms with Gasteiger partial charge in [0.1, 0.15) is 0 Å². The van der Waals surface area contributed by atoms with Crippen LogP contribution in [0.3, 0.4) is 0 Å². The average Bonchev–Trinajstić information content (AvgIpc) is 2.73. The summed E-state index contributed by atoms with van der Waals surface area (Å²) in [6.45, 7) is 1.05. The van der Waals surface area contributed by atoms with Crippen LogP contribution in [0.5, 0.6) is 0 Å². The van der Waals surface area contributed by atoms with E-state index in [0.29, 0.717) is 23.2 Å². The van der Waals surface area contributed by atoms with E-state index in [0.717, 1.165) is 0 Å². The SMILES string of the molecule is Nc1cc(C2OCCO2)c(Br)cc1C(=O)O. The number of carboxylic acids is 1. The van der Waals surface area contributed by atoms with Gasteiger partial charge in [-0.25, -0.2) is 4.79 Å². The smallest absolute Gasteiger partial charge is 0.337 e. The van der Waals surface area contributed by atoms with Gasteiger partial charge in [0, 0.05) is 15.7 Å². The third-order valence-electron chi connectivity index (χ3n) is 2.27. The summed E-state index contributed by atoms with van der Waals surface area (Å²) in [4.78, 5) is 10.8. The van der Waals surface area contributed by atoms with E-state index in [1.807, 2.05) is 0 Å². The maximum atomic E-state index is 10.8. The molecule has 1 aliphatic rings. The number of hydrogen-bond donors (Lipinski definition) is 2. The molecule has 0 aromatic heterocycles. The lowest BCUT2D eigenvalue weighted by Gasteiger charge is -2.13.